The average molecular weight is 274 g/mol. The van der Waals surface area contributed by atoms with Gasteiger partial charge in [-0.3, -0.25) is 5.10 Å². The van der Waals surface area contributed by atoms with E-state index in [9.17, 15) is 13.2 Å². The van der Waals surface area contributed by atoms with Crippen LogP contribution in [0.15, 0.2) is 28.3 Å². The van der Waals surface area contributed by atoms with Gasteiger partial charge in [0, 0.05) is 10.6 Å². The fourth-order valence-corrected chi connectivity index (χ4v) is 2.22. The maximum atomic E-state index is 12.8. The lowest BCUT2D eigenvalue weighted by molar-refractivity contribution is -0.139. The Bertz CT molecular complexity index is 564. The largest absolute Gasteiger partial charge is 0.417 e. The zero-order valence-electron chi connectivity index (χ0n) is 9.25. The van der Waals surface area contributed by atoms with Gasteiger partial charge in [-0.15, -0.1) is 5.10 Å². The molecule has 1 aromatic heterocycles. The quantitative estimate of drug-likeness (QED) is 0.826. The predicted octanol–water partition coefficient (Wildman–Crippen LogP) is 2.87. The number of aromatic amines is 1. The van der Waals surface area contributed by atoms with Gasteiger partial charge in [-0.2, -0.15) is 13.2 Å². The Morgan fingerprint density at radius 1 is 1.33 bits per heavy atom. The van der Waals surface area contributed by atoms with Crippen LogP contribution in [0.1, 0.15) is 11.4 Å². The molecule has 0 aliphatic carbocycles. The Balaban J connectivity index is 2.38. The van der Waals surface area contributed by atoms with Gasteiger partial charge in [0.1, 0.15) is 5.82 Å². The van der Waals surface area contributed by atoms with Crippen LogP contribution in [0, 0.1) is 6.92 Å². The molecule has 1 heterocycles. The van der Waals surface area contributed by atoms with Crippen LogP contribution in [0.5, 0.6) is 0 Å². The van der Waals surface area contributed by atoms with E-state index in [0.29, 0.717) is 5.82 Å². The summed E-state index contributed by atoms with van der Waals surface area (Å²) < 4.78 is 38.5. The van der Waals surface area contributed by atoms with Crippen molar-refractivity contribution in [3.8, 4) is 0 Å². The van der Waals surface area contributed by atoms with E-state index in [4.69, 9.17) is 5.73 Å². The van der Waals surface area contributed by atoms with E-state index < -0.39 is 11.7 Å². The minimum Gasteiger partial charge on any atom is -0.399 e. The second-order valence-electron chi connectivity index (χ2n) is 3.56. The number of nitrogens with two attached hydrogens (primary N) is 1. The number of nitrogens with zero attached hydrogens (tertiary/aromatic N) is 2. The van der Waals surface area contributed by atoms with Crippen molar-refractivity contribution in [2.45, 2.75) is 23.2 Å². The summed E-state index contributed by atoms with van der Waals surface area (Å²) in [4.78, 5) is 3.97. The Morgan fingerprint density at radius 3 is 2.61 bits per heavy atom. The van der Waals surface area contributed by atoms with Gasteiger partial charge in [-0.1, -0.05) is 0 Å². The van der Waals surface area contributed by atoms with Gasteiger partial charge in [-0.25, -0.2) is 4.98 Å². The minimum absolute atomic E-state index is 0.0238. The SMILES string of the molecule is Cc1nc(Sc2ccc(N)cc2C(F)(F)F)n[nH]1. The molecule has 0 aliphatic rings. The molecule has 0 fully saturated rings. The Morgan fingerprint density at radius 2 is 2.06 bits per heavy atom. The van der Waals surface area contributed by atoms with Crippen LogP contribution in [0.25, 0.3) is 0 Å². The number of halogens is 3. The highest BCUT2D eigenvalue weighted by atomic mass is 32.2. The smallest absolute Gasteiger partial charge is 0.399 e. The van der Waals surface area contributed by atoms with Crippen molar-refractivity contribution < 1.29 is 13.2 Å². The van der Waals surface area contributed by atoms with Crippen LogP contribution < -0.4 is 5.73 Å². The first kappa shape index (κ1) is 12.7. The van der Waals surface area contributed by atoms with E-state index in [1.54, 1.807) is 6.92 Å². The number of nitrogen functional groups attached to an aromatic ring is 1. The number of anilines is 1. The highest BCUT2D eigenvalue weighted by Gasteiger charge is 2.34. The summed E-state index contributed by atoms with van der Waals surface area (Å²) in [5.74, 6) is 0.543. The van der Waals surface area contributed by atoms with Crippen LogP contribution in [0.2, 0.25) is 0 Å². The molecule has 0 bridgehead atoms. The molecule has 2 aromatic rings. The molecule has 0 saturated carbocycles. The van der Waals surface area contributed by atoms with Crippen molar-refractivity contribution in [2.75, 3.05) is 5.73 Å². The maximum absolute atomic E-state index is 12.8. The lowest BCUT2D eigenvalue weighted by atomic mass is 10.2. The van der Waals surface area contributed by atoms with Crippen molar-refractivity contribution in [1.29, 1.82) is 0 Å². The van der Waals surface area contributed by atoms with Crippen molar-refractivity contribution in [2.24, 2.45) is 0 Å². The number of alkyl halides is 3. The van der Waals surface area contributed by atoms with Crippen LogP contribution in [0.4, 0.5) is 18.9 Å². The lowest BCUT2D eigenvalue weighted by Crippen LogP contribution is -2.07. The van der Waals surface area contributed by atoms with Gasteiger partial charge in [0.2, 0.25) is 5.16 Å². The monoisotopic (exact) mass is 274 g/mol. The van der Waals surface area contributed by atoms with Crippen molar-refractivity contribution in [1.82, 2.24) is 15.2 Å². The Hall–Kier alpha value is -1.70. The number of aryl methyl sites for hydroxylation is 1. The molecule has 1 aromatic carbocycles. The molecule has 0 aliphatic heterocycles. The second-order valence-corrected chi connectivity index (χ2v) is 4.57. The molecular weight excluding hydrogens is 265 g/mol. The van der Waals surface area contributed by atoms with E-state index in [1.165, 1.54) is 12.1 Å². The van der Waals surface area contributed by atoms with Crippen LogP contribution in [-0.2, 0) is 6.18 Å². The first-order valence-electron chi connectivity index (χ1n) is 4.90. The van der Waals surface area contributed by atoms with E-state index in [0.717, 1.165) is 17.8 Å². The van der Waals surface area contributed by atoms with Gasteiger partial charge in [0.25, 0.3) is 0 Å². The second kappa shape index (κ2) is 4.52. The van der Waals surface area contributed by atoms with Gasteiger partial charge in [0.15, 0.2) is 0 Å². The number of hydrogen-bond acceptors (Lipinski definition) is 4. The molecule has 0 spiro atoms. The van der Waals surface area contributed by atoms with Gasteiger partial charge < -0.3 is 5.73 Å². The Labute approximate surface area is 105 Å². The number of aromatic nitrogens is 3. The van der Waals surface area contributed by atoms with Gasteiger partial charge in [-0.05, 0) is 36.9 Å². The normalized spacial score (nSPS) is 11.8. The summed E-state index contributed by atoms with van der Waals surface area (Å²) in [5, 5.41) is 6.59. The fourth-order valence-electron chi connectivity index (χ4n) is 1.32. The fraction of sp³-hybridized carbons (Fsp3) is 0.200. The zero-order valence-corrected chi connectivity index (χ0v) is 10.1. The van der Waals surface area contributed by atoms with Crippen LogP contribution in [-0.4, -0.2) is 15.2 Å². The molecule has 8 heteroatoms. The van der Waals surface area contributed by atoms with Crippen LogP contribution in [0.3, 0.4) is 0 Å². The van der Waals surface area contributed by atoms with Crippen molar-refractivity contribution in [3.63, 3.8) is 0 Å². The first-order valence-corrected chi connectivity index (χ1v) is 5.71. The molecule has 0 radical (unpaired) electrons. The predicted molar refractivity (Wildman–Crippen MR) is 61.1 cm³/mol. The highest BCUT2D eigenvalue weighted by Crippen LogP contribution is 2.39. The molecule has 2 rings (SSSR count). The minimum atomic E-state index is -4.46. The molecule has 4 nitrogen and oxygen atoms in total. The van der Waals surface area contributed by atoms with Crippen molar-refractivity contribution in [3.05, 3.63) is 29.6 Å². The van der Waals surface area contributed by atoms with E-state index in [-0.39, 0.29) is 15.7 Å². The first-order chi connectivity index (χ1) is 8.36. The zero-order chi connectivity index (χ0) is 13.3. The summed E-state index contributed by atoms with van der Waals surface area (Å²) in [6, 6.07) is 3.63. The summed E-state index contributed by atoms with van der Waals surface area (Å²) >= 11 is 0.842. The lowest BCUT2D eigenvalue weighted by Gasteiger charge is -2.11. The van der Waals surface area contributed by atoms with Crippen molar-refractivity contribution >= 4 is 17.4 Å². The number of H-pyrrole nitrogens is 1. The molecule has 0 saturated heterocycles. The third-order valence-electron chi connectivity index (χ3n) is 2.09. The maximum Gasteiger partial charge on any atom is 0.417 e. The summed E-state index contributed by atoms with van der Waals surface area (Å²) in [6.45, 7) is 1.67. The number of hydrogen-bond donors (Lipinski definition) is 2. The Kier molecular flexibility index (Phi) is 3.20. The summed E-state index contributed by atoms with van der Waals surface area (Å²) in [5.41, 5.74) is 4.66. The molecule has 0 amide bonds. The number of rotatable bonds is 2. The molecule has 18 heavy (non-hydrogen) atoms. The number of benzene rings is 1. The van der Waals surface area contributed by atoms with Gasteiger partial charge >= 0.3 is 6.18 Å². The standard InChI is InChI=1S/C10H9F3N4S/c1-5-15-9(17-16-5)18-8-3-2-6(14)4-7(8)10(11,12)13/h2-4H,14H2,1H3,(H,15,16,17). The third-order valence-corrected chi connectivity index (χ3v) is 3.03. The molecule has 3 N–H and O–H groups in total. The molecule has 0 unspecified atom stereocenters. The molecule has 96 valence electrons. The van der Waals surface area contributed by atoms with E-state index >= 15 is 0 Å². The van der Waals surface area contributed by atoms with E-state index in [2.05, 4.69) is 15.2 Å². The number of nitrogens with one attached hydrogen (secondary N) is 1. The third kappa shape index (κ3) is 2.76. The van der Waals surface area contributed by atoms with Crippen LogP contribution >= 0.6 is 11.8 Å². The molecule has 0 atom stereocenters. The molecular formula is C10H9F3N4S. The summed E-state index contributed by atoms with van der Waals surface area (Å²) in [6.07, 6.45) is -4.46. The average Bonchev–Trinajstić information content (AvgIpc) is 2.65. The van der Waals surface area contributed by atoms with E-state index in [1.807, 2.05) is 0 Å². The highest BCUT2D eigenvalue weighted by molar-refractivity contribution is 7.99. The summed E-state index contributed by atoms with van der Waals surface area (Å²) in [7, 11) is 0. The topological polar surface area (TPSA) is 67.6 Å². The van der Waals surface area contributed by atoms with Gasteiger partial charge in [0.05, 0.1) is 5.56 Å².